The lowest BCUT2D eigenvalue weighted by Gasteiger charge is -2.08. The van der Waals surface area contributed by atoms with Crippen LogP contribution in [-0.4, -0.2) is 0 Å². The molecule has 0 amide bonds. The van der Waals surface area contributed by atoms with Gasteiger partial charge in [0.15, 0.2) is 0 Å². The van der Waals surface area contributed by atoms with Crippen molar-refractivity contribution in [2.75, 3.05) is 0 Å². The minimum absolute atomic E-state index is 0.708. The lowest BCUT2D eigenvalue weighted by molar-refractivity contribution is 1.02. The van der Waals surface area contributed by atoms with Gasteiger partial charge in [0, 0.05) is 9.79 Å². The van der Waals surface area contributed by atoms with E-state index in [0.29, 0.717) is 5.56 Å². The highest BCUT2D eigenvalue weighted by atomic mass is 32.2. The Morgan fingerprint density at radius 3 is 2.11 bits per heavy atom. The van der Waals surface area contributed by atoms with Crippen molar-refractivity contribution in [3.8, 4) is 6.07 Å². The molecule has 0 N–H and O–H groups in total. The van der Waals surface area contributed by atoms with Crippen molar-refractivity contribution in [3.63, 3.8) is 0 Å². The van der Waals surface area contributed by atoms with Crippen molar-refractivity contribution < 1.29 is 0 Å². The van der Waals surface area contributed by atoms with E-state index in [9.17, 15) is 0 Å². The molecule has 0 radical (unpaired) electrons. The van der Waals surface area contributed by atoms with Crippen LogP contribution < -0.4 is 0 Å². The Morgan fingerprint density at radius 2 is 1.53 bits per heavy atom. The standard InChI is InChI=1S/C17H17NS/c1-3-14-7-10-17(11-15(14)4-2)19-16-8-5-13(12-18)6-9-16/h5-11H,3-4H2,1-2H3. The van der Waals surface area contributed by atoms with E-state index < -0.39 is 0 Å². The maximum Gasteiger partial charge on any atom is 0.0991 e. The summed E-state index contributed by atoms with van der Waals surface area (Å²) in [6.45, 7) is 4.40. The number of nitrogens with zero attached hydrogens (tertiary/aromatic N) is 1. The van der Waals surface area contributed by atoms with Gasteiger partial charge in [-0.05, 0) is 60.4 Å². The normalized spacial score (nSPS) is 10.2. The van der Waals surface area contributed by atoms with E-state index in [1.54, 1.807) is 11.8 Å². The van der Waals surface area contributed by atoms with Gasteiger partial charge in [0.25, 0.3) is 0 Å². The fraction of sp³-hybridized carbons (Fsp3) is 0.235. The van der Waals surface area contributed by atoms with Gasteiger partial charge in [0.05, 0.1) is 11.6 Å². The molecule has 0 unspecified atom stereocenters. The first-order valence-electron chi connectivity index (χ1n) is 6.56. The fourth-order valence-electron chi connectivity index (χ4n) is 2.07. The summed E-state index contributed by atoms with van der Waals surface area (Å²) in [7, 11) is 0. The molecule has 0 saturated heterocycles. The highest BCUT2D eigenvalue weighted by Gasteiger charge is 2.03. The Bertz CT molecular complexity index is 594. The lowest BCUT2D eigenvalue weighted by atomic mass is 10.0. The van der Waals surface area contributed by atoms with Gasteiger partial charge < -0.3 is 0 Å². The first-order chi connectivity index (χ1) is 9.26. The molecular weight excluding hydrogens is 250 g/mol. The van der Waals surface area contributed by atoms with Crippen LogP contribution in [0.5, 0.6) is 0 Å². The molecule has 0 fully saturated rings. The summed E-state index contributed by atoms with van der Waals surface area (Å²) in [6.07, 6.45) is 2.16. The molecule has 2 aromatic rings. The molecule has 0 bridgehead atoms. The van der Waals surface area contributed by atoms with E-state index in [2.05, 4.69) is 38.1 Å². The average Bonchev–Trinajstić information content (AvgIpc) is 2.48. The van der Waals surface area contributed by atoms with Gasteiger partial charge in [-0.25, -0.2) is 0 Å². The number of hydrogen-bond donors (Lipinski definition) is 0. The van der Waals surface area contributed by atoms with Crippen molar-refractivity contribution in [1.82, 2.24) is 0 Å². The summed E-state index contributed by atoms with van der Waals surface area (Å²) in [6, 6.07) is 16.6. The summed E-state index contributed by atoms with van der Waals surface area (Å²) in [5.41, 5.74) is 3.58. The molecule has 96 valence electrons. The topological polar surface area (TPSA) is 23.8 Å². The lowest BCUT2D eigenvalue weighted by Crippen LogP contribution is -1.90. The van der Waals surface area contributed by atoms with Crippen LogP contribution in [0.25, 0.3) is 0 Å². The van der Waals surface area contributed by atoms with Crippen LogP contribution >= 0.6 is 11.8 Å². The zero-order valence-corrected chi connectivity index (χ0v) is 12.1. The molecule has 0 saturated carbocycles. The van der Waals surface area contributed by atoms with Gasteiger partial charge in [0.2, 0.25) is 0 Å². The molecule has 0 aromatic heterocycles. The fourth-order valence-corrected chi connectivity index (χ4v) is 2.96. The second-order valence-electron chi connectivity index (χ2n) is 4.38. The highest BCUT2D eigenvalue weighted by molar-refractivity contribution is 7.99. The quantitative estimate of drug-likeness (QED) is 0.792. The summed E-state index contributed by atoms with van der Waals surface area (Å²) >= 11 is 1.75. The molecule has 0 atom stereocenters. The number of rotatable bonds is 4. The Balaban J connectivity index is 2.20. The second-order valence-corrected chi connectivity index (χ2v) is 5.52. The third-order valence-electron chi connectivity index (χ3n) is 3.16. The number of aryl methyl sites for hydroxylation is 2. The van der Waals surface area contributed by atoms with Crippen molar-refractivity contribution in [1.29, 1.82) is 5.26 Å². The summed E-state index contributed by atoms with van der Waals surface area (Å²) in [5.74, 6) is 0. The van der Waals surface area contributed by atoms with E-state index in [1.807, 2.05) is 24.3 Å². The molecule has 0 aliphatic heterocycles. The first-order valence-corrected chi connectivity index (χ1v) is 7.38. The third-order valence-corrected chi connectivity index (χ3v) is 4.16. The Hall–Kier alpha value is -1.72. The molecule has 0 aliphatic rings. The molecule has 2 heteroatoms. The number of benzene rings is 2. The average molecular weight is 267 g/mol. The monoisotopic (exact) mass is 267 g/mol. The van der Waals surface area contributed by atoms with E-state index in [1.165, 1.54) is 20.9 Å². The van der Waals surface area contributed by atoms with Crippen molar-refractivity contribution >= 4 is 11.8 Å². The molecule has 0 aliphatic carbocycles. The molecule has 0 spiro atoms. The van der Waals surface area contributed by atoms with Crippen LogP contribution in [0.4, 0.5) is 0 Å². The van der Waals surface area contributed by atoms with Crippen LogP contribution in [0.15, 0.2) is 52.3 Å². The van der Waals surface area contributed by atoms with Gasteiger partial charge in [-0.2, -0.15) is 5.26 Å². The Labute approximate surface area is 119 Å². The molecule has 2 aromatic carbocycles. The Kier molecular flexibility index (Phi) is 4.65. The molecule has 0 heterocycles. The zero-order valence-electron chi connectivity index (χ0n) is 11.3. The zero-order chi connectivity index (χ0) is 13.7. The van der Waals surface area contributed by atoms with Crippen LogP contribution in [0.2, 0.25) is 0 Å². The molecule has 2 rings (SSSR count). The van der Waals surface area contributed by atoms with Gasteiger partial charge >= 0.3 is 0 Å². The minimum atomic E-state index is 0.708. The summed E-state index contributed by atoms with van der Waals surface area (Å²) in [5, 5.41) is 8.79. The van der Waals surface area contributed by atoms with Crippen molar-refractivity contribution in [2.45, 2.75) is 36.5 Å². The SMILES string of the molecule is CCc1ccc(Sc2ccc(C#N)cc2)cc1CC. The van der Waals surface area contributed by atoms with E-state index in [0.717, 1.165) is 12.8 Å². The molecular formula is C17H17NS. The van der Waals surface area contributed by atoms with Crippen LogP contribution in [0.1, 0.15) is 30.5 Å². The van der Waals surface area contributed by atoms with Crippen molar-refractivity contribution in [3.05, 3.63) is 59.2 Å². The minimum Gasteiger partial charge on any atom is -0.192 e. The summed E-state index contributed by atoms with van der Waals surface area (Å²) in [4.78, 5) is 2.43. The van der Waals surface area contributed by atoms with Gasteiger partial charge in [-0.3, -0.25) is 0 Å². The van der Waals surface area contributed by atoms with Crippen LogP contribution in [0, 0.1) is 11.3 Å². The largest absolute Gasteiger partial charge is 0.192 e. The maximum absolute atomic E-state index is 8.79. The second kappa shape index (κ2) is 6.45. The summed E-state index contributed by atoms with van der Waals surface area (Å²) < 4.78 is 0. The molecule has 19 heavy (non-hydrogen) atoms. The highest BCUT2D eigenvalue weighted by Crippen LogP contribution is 2.29. The van der Waals surface area contributed by atoms with E-state index in [4.69, 9.17) is 5.26 Å². The third kappa shape index (κ3) is 3.39. The van der Waals surface area contributed by atoms with Gasteiger partial charge in [0.1, 0.15) is 0 Å². The number of nitriles is 1. The van der Waals surface area contributed by atoms with E-state index in [-0.39, 0.29) is 0 Å². The van der Waals surface area contributed by atoms with Crippen LogP contribution in [-0.2, 0) is 12.8 Å². The predicted molar refractivity (Wildman–Crippen MR) is 80.5 cm³/mol. The number of hydrogen-bond acceptors (Lipinski definition) is 2. The van der Waals surface area contributed by atoms with Gasteiger partial charge in [-0.15, -0.1) is 0 Å². The predicted octanol–water partition coefficient (Wildman–Crippen LogP) is 4.83. The van der Waals surface area contributed by atoms with Gasteiger partial charge in [-0.1, -0.05) is 31.7 Å². The van der Waals surface area contributed by atoms with E-state index >= 15 is 0 Å². The smallest absolute Gasteiger partial charge is 0.0991 e. The first kappa shape index (κ1) is 13.7. The Morgan fingerprint density at radius 1 is 0.895 bits per heavy atom. The maximum atomic E-state index is 8.79. The molecule has 1 nitrogen and oxygen atoms in total. The van der Waals surface area contributed by atoms with Crippen LogP contribution in [0.3, 0.4) is 0 Å². The van der Waals surface area contributed by atoms with Crippen molar-refractivity contribution in [2.24, 2.45) is 0 Å².